The zero-order valence-corrected chi connectivity index (χ0v) is 20.0. The van der Waals surface area contributed by atoms with Crippen molar-refractivity contribution in [1.82, 2.24) is 9.78 Å². The molecule has 5 rings (SSSR count). The van der Waals surface area contributed by atoms with Gasteiger partial charge in [0.15, 0.2) is 5.72 Å². The van der Waals surface area contributed by atoms with E-state index in [1.54, 1.807) is 44.5 Å². The number of benzene rings is 3. The summed E-state index contributed by atoms with van der Waals surface area (Å²) in [5, 5.41) is 23.3. The van der Waals surface area contributed by atoms with Gasteiger partial charge in [0.2, 0.25) is 5.91 Å². The number of halogens is 1. The van der Waals surface area contributed by atoms with Crippen molar-refractivity contribution in [2.45, 2.75) is 18.7 Å². The lowest BCUT2D eigenvalue weighted by Gasteiger charge is -2.43. The number of nitrogens with one attached hydrogen (secondary N) is 2. The highest BCUT2D eigenvalue weighted by atomic mass is 35.5. The lowest BCUT2D eigenvalue weighted by Crippen LogP contribution is -2.53. The van der Waals surface area contributed by atoms with E-state index in [0.717, 1.165) is 16.7 Å². The molecule has 1 aliphatic rings. The minimum Gasteiger partial charge on any atom is -0.495 e. The van der Waals surface area contributed by atoms with E-state index in [2.05, 4.69) is 15.7 Å². The molecule has 0 radical (unpaired) electrons. The third-order valence-corrected chi connectivity index (χ3v) is 6.63. The highest BCUT2D eigenvalue weighted by Gasteiger charge is 2.50. The standard InChI is InChI=1S/C27H25ClN4O3/c1-27(34)23(26(33)30-21-10-6-7-11-22(21)35-2)24(18-12-14-19(28)15-13-18)31-25-20(16-29-32(25)27)17-8-4-3-5-9-17/h3-16,23-24,31,34H,1-2H3,(H,30,33)/t23-,24+,27+/m0/s1. The second-order valence-electron chi connectivity index (χ2n) is 8.62. The van der Waals surface area contributed by atoms with Crippen LogP contribution in [0.5, 0.6) is 5.75 Å². The van der Waals surface area contributed by atoms with Crippen LogP contribution in [0.2, 0.25) is 5.02 Å². The Labute approximate surface area is 208 Å². The molecule has 2 heterocycles. The second kappa shape index (κ2) is 9.09. The van der Waals surface area contributed by atoms with Gasteiger partial charge < -0.3 is 20.5 Å². The molecule has 0 saturated heterocycles. The summed E-state index contributed by atoms with van der Waals surface area (Å²) in [6, 6.07) is 23.6. The van der Waals surface area contributed by atoms with E-state index in [4.69, 9.17) is 16.3 Å². The van der Waals surface area contributed by atoms with Crippen molar-refractivity contribution in [3.8, 4) is 16.9 Å². The molecule has 7 nitrogen and oxygen atoms in total. The number of hydrogen-bond donors (Lipinski definition) is 3. The monoisotopic (exact) mass is 488 g/mol. The molecule has 8 heteroatoms. The number of para-hydroxylation sites is 2. The average molecular weight is 489 g/mol. The first-order valence-electron chi connectivity index (χ1n) is 11.2. The molecule has 0 saturated carbocycles. The normalized spacial score (nSPS) is 21.0. The number of carbonyl (C=O) groups is 1. The summed E-state index contributed by atoms with van der Waals surface area (Å²) in [5.41, 5.74) is 1.45. The molecular weight excluding hydrogens is 464 g/mol. The van der Waals surface area contributed by atoms with Crippen molar-refractivity contribution >= 4 is 29.0 Å². The Morgan fingerprint density at radius 3 is 2.49 bits per heavy atom. The van der Waals surface area contributed by atoms with E-state index < -0.39 is 17.7 Å². The summed E-state index contributed by atoms with van der Waals surface area (Å²) < 4.78 is 6.87. The number of hydrogen-bond acceptors (Lipinski definition) is 5. The lowest BCUT2D eigenvalue weighted by atomic mass is 9.82. The fourth-order valence-corrected chi connectivity index (χ4v) is 4.77. The SMILES string of the molecule is COc1ccccc1NC(=O)[C@@H]1[C@@H](c2ccc(Cl)cc2)Nc2c(-c3ccccc3)cnn2[C@]1(C)O. The largest absolute Gasteiger partial charge is 0.495 e. The molecule has 3 N–H and O–H groups in total. The van der Waals surface area contributed by atoms with E-state index >= 15 is 0 Å². The Balaban J connectivity index is 1.61. The van der Waals surface area contributed by atoms with E-state index in [1.165, 1.54) is 4.68 Å². The van der Waals surface area contributed by atoms with Gasteiger partial charge in [0.05, 0.1) is 25.0 Å². The predicted molar refractivity (Wildman–Crippen MR) is 136 cm³/mol. The van der Waals surface area contributed by atoms with E-state index in [-0.39, 0.29) is 5.91 Å². The summed E-state index contributed by atoms with van der Waals surface area (Å²) in [5.74, 6) is -0.167. The van der Waals surface area contributed by atoms with Gasteiger partial charge in [-0.05, 0) is 42.3 Å². The van der Waals surface area contributed by atoms with Crippen LogP contribution in [0.1, 0.15) is 18.5 Å². The Bertz CT molecular complexity index is 1350. The number of ether oxygens (including phenoxy) is 1. The van der Waals surface area contributed by atoms with Crippen molar-refractivity contribution in [3.05, 3.63) is 95.6 Å². The highest BCUT2D eigenvalue weighted by Crippen LogP contribution is 2.46. The number of rotatable bonds is 5. The van der Waals surface area contributed by atoms with Crippen LogP contribution in [-0.2, 0) is 10.5 Å². The molecule has 35 heavy (non-hydrogen) atoms. The Hall–Kier alpha value is -3.81. The van der Waals surface area contributed by atoms with Crippen molar-refractivity contribution in [2.75, 3.05) is 17.7 Å². The van der Waals surface area contributed by atoms with Crippen molar-refractivity contribution in [2.24, 2.45) is 5.92 Å². The third-order valence-electron chi connectivity index (χ3n) is 6.37. The van der Waals surface area contributed by atoms with Crippen LogP contribution in [0.3, 0.4) is 0 Å². The number of fused-ring (bicyclic) bond motifs is 1. The van der Waals surface area contributed by atoms with Crippen LogP contribution in [0.25, 0.3) is 11.1 Å². The van der Waals surface area contributed by atoms with Gasteiger partial charge in [-0.2, -0.15) is 5.10 Å². The van der Waals surface area contributed by atoms with Gasteiger partial charge in [-0.25, -0.2) is 4.68 Å². The molecule has 0 aliphatic carbocycles. The Morgan fingerprint density at radius 2 is 1.77 bits per heavy atom. The van der Waals surface area contributed by atoms with Crippen LogP contribution < -0.4 is 15.4 Å². The number of anilines is 2. The van der Waals surface area contributed by atoms with Gasteiger partial charge in [0.1, 0.15) is 17.5 Å². The summed E-state index contributed by atoms with van der Waals surface area (Å²) in [6.45, 7) is 1.61. The van der Waals surface area contributed by atoms with Crippen LogP contribution in [0, 0.1) is 5.92 Å². The van der Waals surface area contributed by atoms with Crippen molar-refractivity contribution < 1.29 is 14.6 Å². The molecular formula is C27H25ClN4O3. The predicted octanol–water partition coefficient (Wildman–Crippen LogP) is 5.30. The Morgan fingerprint density at radius 1 is 1.09 bits per heavy atom. The van der Waals surface area contributed by atoms with Gasteiger partial charge >= 0.3 is 0 Å². The molecule has 4 aromatic rings. The zero-order valence-electron chi connectivity index (χ0n) is 19.3. The zero-order chi connectivity index (χ0) is 24.6. The first-order valence-corrected chi connectivity index (χ1v) is 11.6. The van der Waals surface area contributed by atoms with Gasteiger partial charge in [-0.15, -0.1) is 0 Å². The smallest absolute Gasteiger partial charge is 0.234 e. The summed E-state index contributed by atoms with van der Waals surface area (Å²) in [7, 11) is 1.54. The topological polar surface area (TPSA) is 88.4 Å². The molecule has 178 valence electrons. The molecule has 0 fully saturated rings. The first kappa shape index (κ1) is 23.0. The van der Waals surface area contributed by atoms with E-state index in [9.17, 15) is 9.90 Å². The number of nitrogens with zero attached hydrogens (tertiary/aromatic N) is 2. The number of amides is 1. The maximum Gasteiger partial charge on any atom is 0.234 e. The number of aliphatic hydroxyl groups is 1. The minimum atomic E-state index is -1.65. The fourth-order valence-electron chi connectivity index (χ4n) is 4.64. The summed E-state index contributed by atoms with van der Waals surface area (Å²) >= 11 is 6.14. The van der Waals surface area contributed by atoms with E-state index in [1.807, 2.05) is 54.6 Å². The summed E-state index contributed by atoms with van der Waals surface area (Å²) in [6.07, 6.45) is 1.70. The molecule has 1 amide bonds. The van der Waals surface area contributed by atoms with Crippen LogP contribution >= 0.6 is 11.6 Å². The number of carbonyl (C=O) groups excluding carboxylic acids is 1. The molecule has 3 atom stereocenters. The van der Waals surface area contributed by atoms with Crippen LogP contribution in [0.15, 0.2) is 85.1 Å². The molecule has 1 aromatic heterocycles. The maximum atomic E-state index is 13.8. The number of methoxy groups -OCH3 is 1. The average Bonchev–Trinajstić information content (AvgIpc) is 3.30. The van der Waals surface area contributed by atoms with Crippen LogP contribution in [-0.4, -0.2) is 27.9 Å². The van der Waals surface area contributed by atoms with Crippen molar-refractivity contribution in [3.63, 3.8) is 0 Å². The second-order valence-corrected chi connectivity index (χ2v) is 9.06. The van der Waals surface area contributed by atoms with Crippen LogP contribution in [0.4, 0.5) is 11.5 Å². The van der Waals surface area contributed by atoms with E-state index in [0.29, 0.717) is 22.3 Å². The van der Waals surface area contributed by atoms with Gasteiger partial charge in [0, 0.05) is 10.6 Å². The summed E-state index contributed by atoms with van der Waals surface area (Å²) in [4.78, 5) is 13.8. The van der Waals surface area contributed by atoms with Gasteiger partial charge in [-0.1, -0.05) is 66.2 Å². The molecule has 3 aromatic carbocycles. The third kappa shape index (κ3) is 4.13. The quantitative estimate of drug-likeness (QED) is 0.355. The lowest BCUT2D eigenvalue weighted by molar-refractivity contribution is -0.143. The number of aromatic nitrogens is 2. The molecule has 0 spiro atoms. The van der Waals surface area contributed by atoms with Crippen molar-refractivity contribution in [1.29, 1.82) is 0 Å². The minimum absolute atomic E-state index is 0.380. The van der Waals surface area contributed by atoms with Gasteiger partial charge in [0.25, 0.3) is 0 Å². The Kier molecular flexibility index (Phi) is 5.96. The molecule has 1 aliphatic heterocycles. The molecule has 0 bridgehead atoms. The fraction of sp³-hybridized carbons (Fsp3) is 0.185. The highest BCUT2D eigenvalue weighted by molar-refractivity contribution is 6.30. The van der Waals surface area contributed by atoms with Gasteiger partial charge in [-0.3, -0.25) is 4.79 Å². The molecule has 0 unspecified atom stereocenters. The maximum absolute atomic E-state index is 13.8. The first-order chi connectivity index (χ1) is 16.9.